The second kappa shape index (κ2) is 9.87. The van der Waals surface area contributed by atoms with E-state index in [2.05, 4.69) is 15.7 Å². The van der Waals surface area contributed by atoms with E-state index in [0.717, 1.165) is 5.69 Å². The van der Waals surface area contributed by atoms with Gasteiger partial charge in [-0.3, -0.25) is 9.59 Å². The van der Waals surface area contributed by atoms with Gasteiger partial charge in [-0.25, -0.2) is 9.48 Å². The number of para-hydroxylation sites is 1. The Balaban J connectivity index is 1.39. The molecule has 1 aliphatic rings. The van der Waals surface area contributed by atoms with Gasteiger partial charge in [0.1, 0.15) is 0 Å². The lowest BCUT2D eigenvalue weighted by Crippen LogP contribution is -2.48. The van der Waals surface area contributed by atoms with Gasteiger partial charge in [0, 0.05) is 41.6 Å². The maximum absolute atomic E-state index is 12.8. The molecule has 0 atom stereocenters. The monoisotopic (exact) mass is 465 g/mol. The van der Waals surface area contributed by atoms with Crippen molar-refractivity contribution in [2.45, 2.75) is 25.8 Å². The molecule has 1 aromatic heterocycles. The largest absolute Gasteiger partial charge is 0.348 e. The van der Waals surface area contributed by atoms with Crippen LogP contribution >= 0.6 is 11.6 Å². The molecular weight excluding hydrogens is 442 g/mol. The summed E-state index contributed by atoms with van der Waals surface area (Å²) >= 11 is 5.95. The van der Waals surface area contributed by atoms with E-state index < -0.39 is 11.3 Å². The first-order valence-corrected chi connectivity index (χ1v) is 11.1. The normalized spacial score (nSPS) is 14.1. The van der Waals surface area contributed by atoms with Crippen molar-refractivity contribution in [3.05, 3.63) is 87.3 Å². The molecule has 8 nitrogen and oxygen atoms in total. The van der Waals surface area contributed by atoms with Crippen molar-refractivity contribution in [2.75, 3.05) is 18.4 Å². The smallest absolute Gasteiger partial charge is 0.321 e. The molecule has 33 heavy (non-hydrogen) atoms. The summed E-state index contributed by atoms with van der Waals surface area (Å²) in [6.07, 6.45) is 1.18. The van der Waals surface area contributed by atoms with Crippen LogP contribution < -0.4 is 16.1 Å². The van der Waals surface area contributed by atoms with Gasteiger partial charge in [0.05, 0.1) is 5.69 Å². The van der Waals surface area contributed by atoms with Gasteiger partial charge in [0.15, 0.2) is 5.69 Å². The fourth-order valence-corrected chi connectivity index (χ4v) is 3.88. The van der Waals surface area contributed by atoms with E-state index in [1.807, 2.05) is 30.3 Å². The first-order valence-electron chi connectivity index (χ1n) is 10.7. The summed E-state index contributed by atoms with van der Waals surface area (Å²) in [5, 5.41) is 10.7. The highest BCUT2D eigenvalue weighted by Gasteiger charge is 2.25. The molecule has 2 aromatic carbocycles. The molecule has 0 radical (unpaired) electrons. The number of nitrogens with one attached hydrogen (secondary N) is 2. The van der Waals surface area contributed by atoms with E-state index in [-0.39, 0.29) is 17.8 Å². The van der Waals surface area contributed by atoms with Crippen molar-refractivity contribution in [2.24, 2.45) is 0 Å². The molecule has 1 saturated heterocycles. The van der Waals surface area contributed by atoms with Crippen LogP contribution in [-0.4, -0.2) is 45.8 Å². The van der Waals surface area contributed by atoms with Gasteiger partial charge >= 0.3 is 6.03 Å². The summed E-state index contributed by atoms with van der Waals surface area (Å²) in [6.45, 7) is 2.75. The standard InChI is InChI=1S/C24H24ClN5O3/c1-16-15-21(31)22(28-30(16)20-9-7-17(25)8-10-20)23(32)26-19-11-13-29(14-12-19)24(33)27-18-5-3-2-4-6-18/h2-10,15,19H,11-14H2,1H3,(H,26,32)(H,27,33). The van der Waals surface area contributed by atoms with Crippen molar-refractivity contribution < 1.29 is 9.59 Å². The summed E-state index contributed by atoms with van der Waals surface area (Å²) in [5.74, 6) is -0.519. The highest BCUT2D eigenvalue weighted by atomic mass is 35.5. The number of urea groups is 1. The number of anilines is 1. The van der Waals surface area contributed by atoms with Gasteiger partial charge in [-0.1, -0.05) is 29.8 Å². The zero-order chi connectivity index (χ0) is 23.4. The number of carbonyl (C=O) groups is 2. The van der Waals surface area contributed by atoms with Gasteiger partial charge in [0.2, 0.25) is 5.43 Å². The van der Waals surface area contributed by atoms with Crippen molar-refractivity contribution in [3.8, 4) is 5.69 Å². The van der Waals surface area contributed by atoms with Gasteiger partial charge in [-0.05, 0) is 56.2 Å². The van der Waals surface area contributed by atoms with Crippen molar-refractivity contribution in [1.82, 2.24) is 20.0 Å². The second-order valence-electron chi connectivity index (χ2n) is 7.92. The molecule has 4 rings (SSSR count). The maximum Gasteiger partial charge on any atom is 0.321 e. The molecule has 0 unspecified atom stereocenters. The number of benzene rings is 2. The van der Waals surface area contributed by atoms with Crippen LogP contribution in [0.3, 0.4) is 0 Å². The number of piperidine rings is 1. The first kappa shape index (κ1) is 22.5. The van der Waals surface area contributed by atoms with Crippen LogP contribution in [0.15, 0.2) is 65.5 Å². The molecule has 1 aliphatic heterocycles. The van der Waals surface area contributed by atoms with Crippen LogP contribution in [0.5, 0.6) is 0 Å². The van der Waals surface area contributed by atoms with Crippen LogP contribution in [0.2, 0.25) is 5.02 Å². The number of likely N-dealkylation sites (tertiary alicyclic amines) is 1. The van der Waals surface area contributed by atoms with E-state index in [9.17, 15) is 14.4 Å². The molecule has 9 heteroatoms. The number of aromatic nitrogens is 2. The average molecular weight is 466 g/mol. The SMILES string of the molecule is Cc1cc(=O)c(C(=O)NC2CCN(C(=O)Nc3ccccc3)CC2)nn1-c1ccc(Cl)cc1. The first-order chi connectivity index (χ1) is 15.9. The maximum atomic E-state index is 12.8. The molecule has 170 valence electrons. The predicted molar refractivity (Wildman–Crippen MR) is 127 cm³/mol. The molecule has 1 fully saturated rings. The lowest BCUT2D eigenvalue weighted by atomic mass is 10.1. The van der Waals surface area contributed by atoms with Gasteiger partial charge in [0.25, 0.3) is 5.91 Å². The number of rotatable bonds is 4. The molecule has 2 N–H and O–H groups in total. The Labute approximate surface area is 196 Å². The van der Waals surface area contributed by atoms with Crippen LogP contribution in [0.4, 0.5) is 10.5 Å². The minimum Gasteiger partial charge on any atom is -0.348 e. The molecule has 0 spiro atoms. The second-order valence-corrected chi connectivity index (χ2v) is 8.35. The topological polar surface area (TPSA) is 96.3 Å². The summed E-state index contributed by atoms with van der Waals surface area (Å²) in [6, 6.07) is 17.3. The van der Waals surface area contributed by atoms with Crippen molar-refractivity contribution >= 4 is 29.2 Å². The molecule has 0 saturated carbocycles. The number of amides is 3. The minimum absolute atomic E-state index is 0.148. The highest BCUT2D eigenvalue weighted by Crippen LogP contribution is 2.15. The summed E-state index contributed by atoms with van der Waals surface area (Å²) in [4.78, 5) is 39.5. The zero-order valence-corrected chi connectivity index (χ0v) is 18.9. The fourth-order valence-electron chi connectivity index (χ4n) is 3.75. The zero-order valence-electron chi connectivity index (χ0n) is 18.1. The summed E-state index contributed by atoms with van der Waals surface area (Å²) < 4.78 is 1.54. The van der Waals surface area contributed by atoms with Gasteiger partial charge < -0.3 is 15.5 Å². The van der Waals surface area contributed by atoms with E-state index in [1.54, 1.807) is 40.8 Å². The average Bonchev–Trinajstić information content (AvgIpc) is 2.81. The predicted octanol–water partition coefficient (Wildman–Crippen LogP) is 3.62. The molecule has 0 aliphatic carbocycles. The van der Waals surface area contributed by atoms with Crippen molar-refractivity contribution in [3.63, 3.8) is 0 Å². The number of halogens is 1. The minimum atomic E-state index is -0.519. The summed E-state index contributed by atoms with van der Waals surface area (Å²) in [5.41, 5.74) is 1.44. The molecule has 3 amide bonds. The Hall–Kier alpha value is -3.65. The number of carbonyl (C=O) groups excluding carboxylic acids is 2. The molecule has 3 aromatic rings. The van der Waals surface area contributed by atoms with E-state index in [1.165, 1.54) is 6.07 Å². The van der Waals surface area contributed by atoms with Crippen LogP contribution in [0, 0.1) is 6.92 Å². The molecular formula is C24H24ClN5O3. The van der Waals surface area contributed by atoms with Crippen LogP contribution in [0.1, 0.15) is 29.0 Å². The number of hydrogen-bond acceptors (Lipinski definition) is 4. The summed E-state index contributed by atoms with van der Waals surface area (Å²) in [7, 11) is 0. The Bertz CT molecular complexity index is 1200. The Morgan fingerprint density at radius 3 is 2.36 bits per heavy atom. The highest BCUT2D eigenvalue weighted by molar-refractivity contribution is 6.30. The Morgan fingerprint density at radius 2 is 1.70 bits per heavy atom. The van der Waals surface area contributed by atoms with E-state index in [4.69, 9.17) is 11.6 Å². The quantitative estimate of drug-likeness (QED) is 0.615. The molecule has 0 bridgehead atoms. The van der Waals surface area contributed by atoms with E-state index >= 15 is 0 Å². The molecule has 2 heterocycles. The van der Waals surface area contributed by atoms with Crippen LogP contribution in [-0.2, 0) is 0 Å². The number of hydrogen-bond donors (Lipinski definition) is 2. The fraction of sp³-hybridized carbons (Fsp3) is 0.250. The van der Waals surface area contributed by atoms with Crippen LogP contribution in [0.25, 0.3) is 5.69 Å². The van der Waals surface area contributed by atoms with Gasteiger partial charge in [-0.2, -0.15) is 5.10 Å². The number of nitrogens with zero attached hydrogens (tertiary/aromatic N) is 3. The van der Waals surface area contributed by atoms with Crippen molar-refractivity contribution in [1.29, 1.82) is 0 Å². The van der Waals surface area contributed by atoms with E-state index in [0.29, 0.717) is 42.3 Å². The number of aryl methyl sites for hydroxylation is 1. The third-order valence-corrected chi connectivity index (χ3v) is 5.79. The Kier molecular flexibility index (Phi) is 6.74. The lowest BCUT2D eigenvalue weighted by molar-refractivity contribution is 0.0911. The third-order valence-electron chi connectivity index (χ3n) is 5.54. The van der Waals surface area contributed by atoms with Gasteiger partial charge in [-0.15, -0.1) is 0 Å². The Morgan fingerprint density at radius 1 is 1.03 bits per heavy atom. The lowest BCUT2D eigenvalue weighted by Gasteiger charge is -2.32. The third kappa shape index (κ3) is 5.40.